The number of carbonyl (C=O) groups is 1. The fourth-order valence-electron chi connectivity index (χ4n) is 3.76. The highest BCUT2D eigenvalue weighted by atomic mass is 35.5. The summed E-state index contributed by atoms with van der Waals surface area (Å²) in [5.74, 6) is 0.950. The molecule has 0 aliphatic carbocycles. The Kier molecular flexibility index (Phi) is 7.54. The number of likely N-dealkylation sites (N-methyl/N-ethyl adjacent to an activating group) is 1. The van der Waals surface area contributed by atoms with Crippen LogP contribution in [0.1, 0.15) is 40.5 Å². The molecule has 174 valence electrons. The van der Waals surface area contributed by atoms with E-state index in [9.17, 15) is 4.79 Å². The SMILES string of the molecule is CNCC(NC(=O)c1cn(-c2nc(NC3CCOCC3)ncc2C)cn1)c1cccc(Cl)c1. The van der Waals surface area contributed by atoms with Gasteiger partial charge in [0, 0.05) is 48.8 Å². The predicted octanol–water partition coefficient (Wildman–Crippen LogP) is 2.91. The number of hydrogen-bond donors (Lipinski definition) is 3. The van der Waals surface area contributed by atoms with Crippen LogP contribution in [0.15, 0.2) is 43.0 Å². The fourth-order valence-corrected chi connectivity index (χ4v) is 3.95. The Balaban J connectivity index is 1.49. The summed E-state index contributed by atoms with van der Waals surface area (Å²) in [6.45, 7) is 3.95. The topological polar surface area (TPSA) is 106 Å². The van der Waals surface area contributed by atoms with Crippen LogP contribution >= 0.6 is 11.6 Å². The standard InChI is InChI=1S/C23H28ClN7O2/c1-15-11-26-23(28-18-6-8-33-9-7-18)30-21(15)31-13-20(27-14-31)22(32)29-19(12-25-2)16-4-3-5-17(24)10-16/h3-5,10-11,13-14,18-19,25H,6-9,12H2,1-2H3,(H,29,32)(H,26,28,30). The van der Waals surface area contributed by atoms with E-state index < -0.39 is 0 Å². The van der Waals surface area contributed by atoms with Crippen LogP contribution in [0.2, 0.25) is 5.02 Å². The zero-order chi connectivity index (χ0) is 23.2. The molecular weight excluding hydrogens is 442 g/mol. The molecule has 1 aliphatic rings. The number of hydrogen-bond acceptors (Lipinski definition) is 7. The minimum Gasteiger partial charge on any atom is -0.381 e. The van der Waals surface area contributed by atoms with Crippen LogP contribution in [0.5, 0.6) is 0 Å². The van der Waals surface area contributed by atoms with E-state index in [2.05, 4.69) is 30.9 Å². The molecule has 1 fully saturated rings. The van der Waals surface area contributed by atoms with Gasteiger partial charge in [0.15, 0.2) is 0 Å². The highest BCUT2D eigenvalue weighted by Gasteiger charge is 2.19. The average Bonchev–Trinajstić information content (AvgIpc) is 3.31. The number of benzene rings is 1. The largest absolute Gasteiger partial charge is 0.381 e. The van der Waals surface area contributed by atoms with E-state index in [1.807, 2.05) is 32.2 Å². The van der Waals surface area contributed by atoms with Crippen molar-refractivity contribution in [1.29, 1.82) is 0 Å². The van der Waals surface area contributed by atoms with Gasteiger partial charge in [-0.1, -0.05) is 23.7 Å². The number of halogens is 1. The van der Waals surface area contributed by atoms with Crippen molar-refractivity contribution >= 4 is 23.5 Å². The van der Waals surface area contributed by atoms with Crippen LogP contribution in [-0.2, 0) is 4.74 Å². The molecule has 1 aliphatic heterocycles. The molecule has 3 aromatic rings. The molecule has 3 heterocycles. The lowest BCUT2D eigenvalue weighted by Gasteiger charge is -2.23. The van der Waals surface area contributed by atoms with Gasteiger partial charge in [0.05, 0.1) is 6.04 Å². The quantitative estimate of drug-likeness (QED) is 0.465. The highest BCUT2D eigenvalue weighted by Crippen LogP contribution is 2.19. The van der Waals surface area contributed by atoms with Gasteiger partial charge in [-0.2, -0.15) is 4.98 Å². The molecule has 1 amide bonds. The maximum Gasteiger partial charge on any atom is 0.272 e. The first-order valence-electron chi connectivity index (χ1n) is 11.0. The first-order valence-corrected chi connectivity index (χ1v) is 11.3. The van der Waals surface area contributed by atoms with Crippen LogP contribution in [-0.4, -0.2) is 58.3 Å². The fraction of sp³-hybridized carbons (Fsp3) is 0.391. The first-order chi connectivity index (χ1) is 16.0. The number of carbonyl (C=O) groups excluding carboxylic acids is 1. The summed E-state index contributed by atoms with van der Waals surface area (Å²) in [4.78, 5) is 26.3. The van der Waals surface area contributed by atoms with Crippen LogP contribution in [0.4, 0.5) is 5.95 Å². The zero-order valence-corrected chi connectivity index (χ0v) is 19.5. The maximum absolute atomic E-state index is 12.9. The monoisotopic (exact) mass is 469 g/mol. The molecule has 1 atom stereocenters. The van der Waals surface area contributed by atoms with Crippen molar-refractivity contribution in [2.75, 3.05) is 32.1 Å². The summed E-state index contributed by atoms with van der Waals surface area (Å²) in [5.41, 5.74) is 2.10. The summed E-state index contributed by atoms with van der Waals surface area (Å²) in [7, 11) is 1.84. The van der Waals surface area contributed by atoms with Crippen molar-refractivity contribution in [2.45, 2.75) is 31.8 Å². The molecule has 10 heteroatoms. The van der Waals surface area contributed by atoms with Crippen molar-refractivity contribution in [3.05, 3.63) is 64.8 Å². The van der Waals surface area contributed by atoms with E-state index in [4.69, 9.17) is 16.3 Å². The Morgan fingerprint density at radius 3 is 2.88 bits per heavy atom. The van der Waals surface area contributed by atoms with E-state index in [0.717, 1.165) is 37.2 Å². The highest BCUT2D eigenvalue weighted by molar-refractivity contribution is 6.30. The number of aryl methyl sites for hydroxylation is 1. The molecule has 1 saturated heterocycles. The molecular formula is C23H28ClN7O2. The second kappa shape index (κ2) is 10.7. The normalized spacial score (nSPS) is 15.2. The number of nitrogens with zero attached hydrogens (tertiary/aromatic N) is 4. The lowest BCUT2D eigenvalue weighted by atomic mass is 10.1. The van der Waals surface area contributed by atoms with Crippen molar-refractivity contribution in [1.82, 2.24) is 30.2 Å². The number of amides is 1. The van der Waals surface area contributed by atoms with Gasteiger partial charge in [-0.05, 0) is 44.5 Å². The summed E-state index contributed by atoms with van der Waals surface area (Å²) < 4.78 is 7.15. The van der Waals surface area contributed by atoms with E-state index in [0.29, 0.717) is 29.0 Å². The minimum atomic E-state index is -0.277. The Hall–Kier alpha value is -3.01. The van der Waals surface area contributed by atoms with Gasteiger partial charge in [0.2, 0.25) is 5.95 Å². The molecule has 0 spiro atoms. The van der Waals surface area contributed by atoms with Crippen LogP contribution in [0, 0.1) is 6.92 Å². The zero-order valence-electron chi connectivity index (χ0n) is 18.7. The molecule has 4 rings (SSSR count). The second-order valence-corrected chi connectivity index (χ2v) is 8.47. The number of imidazole rings is 1. The summed E-state index contributed by atoms with van der Waals surface area (Å²) in [6, 6.07) is 7.49. The van der Waals surface area contributed by atoms with Gasteiger partial charge in [0.1, 0.15) is 17.8 Å². The second-order valence-electron chi connectivity index (χ2n) is 8.04. The van der Waals surface area contributed by atoms with Gasteiger partial charge in [-0.15, -0.1) is 0 Å². The number of nitrogens with one attached hydrogen (secondary N) is 3. The number of anilines is 1. The third kappa shape index (κ3) is 5.87. The smallest absolute Gasteiger partial charge is 0.272 e. The Morgan fingerprint density at radius 2 is 2.12 bits per heavy atom. The molecule has 0 bridgehead atoms. The molecule has 3 N–H and O–H groups in total. The number of aromatic nitrogens is 4. The predicted molar refractivity (Wildman–Crippen MR) is 127 cm³/mol. The van der Waals surface area contributed by atoms with Crippen LogP contribution in [0.25, 0.3) is 5.82 Å². The molecule has 2 aromatic heterocycles. The van der Waals surface area contributed by atoms with E-state index in [1.165, 1.54) is 0 Å². The van der Waals surface area contributed by atoms with Crippen molar-refractivity contribution < 1.29 is 9.53 Å². The summed E-state index contributed by atoms with van der Waals surface area (Å²) in [5, 5.41) is 10.1. The lowest BCUT2D eigenvalue weighted by molar-refractivity contribution is 0.0903. The third-order valence-electron chi connectivity index (χ3n) is 5.52. The minimum absolute atomic E-state index is 0.248. The van der Waals surface area contributed by atoms with Crippen molar-refractivity contribution in [3.8, 4) is 5.82 Å². The van der Waals surface area contributed by atoms with Gasteiger partial charge < -0.3 is 20.7 Å². The Bertz CT molecular complexity index is 1100. The van der Waals surface area contributed by atoms with Crippen LogP contribution < -0.4 is 16.0 Å². The third-order valence-corrected chi connectivity index (χ3v) is 5.76. The van der Waals surface area contributed by atoms with Gasteiger partial charge >= 0.3 is 0 Å². The lowest BCUT2D eigenvalue weighted by Crippen LogP contribution is -2.34. The van der Waals surface area contributed by atoms with Gasteiger partial charge in [-0.25, -0.2) is 9.97 Å². The average molecular weight is 470 g/mol. The Morgan fingerprint density at radius 1 is 1.30 bits per heavy atom. The molecule has 1 unspecified atom stereocenters. The van der Waals surface area contributed by atoms with Crippen molar-refractivity contribution in [2.24, 2.45) is 0 Å². The van der Waals surface area contributed by atoms with Crippen LogP contribution in [0.3, 0.4) is 0 Å². The van der Waals surface area contributed by atoms with E-state index in [1.54, 1.807) is 29.4 Å². The van der Waals surface area contributed by atoms with Gasteiger partial charge in [0.25, 0.3) is 5.91 Å². The maximum atomic E-state index is 12.9. The molecule has 1 aromatic carbocycles. The van der Waals surface area contributed by atoms with E-state index >= 15 is 0 Å². The van der Waals surface area contributed by atoms with E-state index in [-0.39, 0.29) is 18.0 Å². The molecule has 33 heavy (non-hydrogen) atoms. The first kappa shape index (κ1) is 23.2. The number of rotatable bonds is 8. The summed E-state index contributed by atoms with van der Waals surface area (Å²) in [6.07, 6.45) is 6.88. The molecule has 0 radical (unpaired) electrons. The van der Waals surface area contributed by atoms with Gasteiger partial charge in [-0.3, -0.25) is 9.36 Å². The molecule has 9 nitrogen and oxygen atoms in total. The summed E-state index contributed by atoms with van der Waals surface area (Å²) >= 11 is 6.13. The Labute approximate surface area is 197 Å². The number of ether oxygens (including phenoxy) is 1. The van der Waals surface area contributed by atoms with Crippen molar-refractivity contribution in [3.63, 3.8) is 0 Å². The molecule has 0 saturated carbocycles.